The first-order valence-corrected chi connectivity index (χ1v) is 8.92. The highest BCUT2D eigenvalue weighted by Gasteiger charge is 2.35. The van der Waals surface area contributed by atoms with Crippen LogP contribution in [0.2, 0.25) is 0 Å². The molecule has 2 fully saturated rings. The Balaban J connectivity index is 0.00000225. The van der Waals surface area contributed by atoms with Crippen molar-refractivity contribution in [2.45, 2.75) is 38.6 Å². The third kappa shape index (κ3) is 4.36. The molecule has 0 spiro atoms. The molecule has 3 rings (SSSR count). The third-order valence-corrected chi connectivity index (χ3v) is 5.43. The molecule has 6 nitrogen and oxygen atoms in total. The first kappa shape index (κ1) is 19.8. The van der Waals surface area contributed by atoms with E-state index < -0.39 is 0 Å². The third-order valence-electron chi connectivity index (χ3n) is 5.43. The van der Waals surface area contributed by atoms with Crippen molar-refractivity contribution in [1.82, 2.24) is 9.80 Å². The van der Waals surface area contributed by atoms with Crippen molar-refractivity contribution in [3.05, 3.63) is 24.2 Å². The Bertz CT molecular complexity index is 570. The van der Waals surface area contributed by atoms with Crippen LogP contribution in [0.5, 0.6) is 0 Å². The molecule has 2 aliphatic heterocycles. The van der Waals surface area contributed by atoms with Crippen molar-refractivity contribution in [2.24, 2.45) is 17.6 Å². The lowest BCUT2D eigenvalue weighted by molar-refractivity contribution is -0.141. The summed E-state index contributed by atoms with van der Waals surface area (Å²) >= 11 is 0. The first-order chi connectivity index (χ1) is 11.6. The number of hydrogen-bond acceptors (Lipinski definition) is 4. The molecule has 2 amide bonds. The summed E-state index contributed by atoms with van der Waals surface area (Å²) in [6.45, 7) is 4.82. The molecule has 3 heterocycles. The molecule has 140 valence electrons. The number of carbonyl (C=O) groups is 2. The van der Waals surface area contributed by atoms with Crippen LogP contribution < -0.4 is 5.73 Å². The van der Waals surface area contributed by atoms with E-state index in [1.54, 1.807) is 6.07 Å². The highest BCUT2D eigenvalue weighted by molar-refractivity contribution is 5.94. The number of nitrogens with two attached hydrogens (primary N) is 1. The van der Waals surface area contributed by atoms with E-state index in [1.165, 1.54) is 12.5 Å². The number of rotatable bonds is 3. The number of hydrogen-bond donors (Lipinski definition) is 1. The summed E-state index contributed by atoms with van der Waals surface area (Å²) in [6.07, 6.45) is 6.49. The van der Waals surface area contributed by atoms with E-state index in [0.717, 1.165) is 32.2 Å². The van der Waals surface area contributed by atoms with Crippen LogP contribution in [-0.2, 0) is 4.79 Å². The molecule has 2 unspecified atom stereocenters. The average Bonchev–Trinajstić information content (AvgIpc) is 3.15. The molecule has 2 atom stereocenters. The maximum atomic E-state index is 12.9. The van der Waals surface area contributed by atoms with Crippen LogP contribution in [0.15, 0.2) is 23.0 Å². The fraction of sp³-hybridized carbons (Fsp3) is 0.667. The highest BCUT2D eigenvalue weighted by atomic mass is 35.5. The van der Waals surface area contributed by atoms with Crippen LogP contribution in [0.1, 0.15) is 43.0 Å². The standard InChI is InChI=1S/C18H27N3O3.ClH/c1-13-2-8-21(16(10-13)11-19)18(23)14-3-6-20(7-4-14)17(22)15-5-9-24-12-15;/h5,9,12-14,16H,2-4,6-8,10-11,19H2,1H3;1H. The van der Waals surface area contributed by atoms with Crippen molar-refractivity contribution >= 4 is 24.2 Å². The summed E-state index contributed by atoms with van der Waals surface area (Å²) in [5, 5.41) is 0. The summed E-state index contributed by atoms with van der Waals surface area (Å²) in [7, 11) is 0. The van der Waals surface area contributed by atoms with Crippen LogP contribution in [-0.4, -0.2) is 53.8 Å². The quantitative estimate of drug-likeness (QED) is 0.885. The van der Waals surface area contributed by atoms with E-state index >= 15 is 0 Å². The molecule has 0 radical (unpaired) electrons. The first-order valence-electron chi connectivity index (χ1n) is 8.92. The van der Waals surface area contributed by atoms with Crippen molar-refractivity contribution in [3.63, 3.8) is 0 Å². The van der Waals surface area contributed by atoms with Gasteiger partial charge in [0.15, 0.2) is 0 Å². The second-order valence-corrected chi connectivity index (χ2v) is 7.13. The van der Waals surface area contributed by atoms with E-state index in [-0.39, 0.29) is 36.2 Å². The lowest BCUT2D eigenvalue weighted by Crippen LogP contribution is -2.52. The number of furan rings is 1. The van der Waals surface area contributed by atoms with Gasteiger partial charge >= 0.3 is 0 Å². The predicted octanol–water partition coefficient (Wildman–Crippen LogP) is 2.14. The van der Waals surface area contributed by atoms with E-state index in [0.29, 0.717) is 31.1 Å². The maximum absolute atomic E-state index is 12.9. The van der Waals surface area contributed by atoms with Crippen LogP contribution in [0, 0.1) is 11.8 Å². The van der Waals surface area contributed by atoms with Gasteiger partial charge in [-0.05, 0) is 37.7 Å². The van der Waals surface area contributed by atoms with Gasteiger partial charge in [-0.25, -0.2) is 0 Å². The molecule has 2 saturated heterocycles. The summed E-state index contributed by atoms with van der Waals surface area (Å²) < 4.78 is 4.98. The molecule has 1 aromatic heterocycles. The molecule has 2 aliphatic rings. The monoisotopic (exact) mass is 369 g/mol. The molecule has 0 aromatic carbocycles. The molecule has 2 N–H and O–H groups in total. The highest BCUT2D eigenvalue weighted by Crippen LogP contribution is 2.27. The fourth-order valence-corrected chi connectivity index (χ4v) is 3.90. The number of likely N-dealkylation sites (tertiary alicyclic amines) is 2. The van der Waals surface area contributed by atoms with Crippen LogP contribution >= 0.6 is 12.4 Å². The molecule has 0 saturated carbocycles. The SMILES string of the molecule is CC1CCN(C(=O)C2CCN(C(=O)c3ccoc3)CC2)C(CN)C1.Cl. The topological polar surface area (TPSA) is 79.8 Å². The number of halogens is 1. The summed E-state index contributed by atoms with van der Waals surface area (Å²) in [5.41, 5.74) is 6.46. The fourth-order valence-electron chi connectivity index (χ4n) is 3.90. The number of amides is 2. The minimum absolute atomic E-state index is 0. The van der Waals surface area contributed by atoms with E-state index in [2.05, 4.69) is 6.92 Å². The zero-order chi connectivity index (χ0) is 17.1. The van der Waals surface area contributed by atoms with E-state index in [1.807, 2.05) is 9.80 Å². The Morgan fingerprint density at radius 2 is 1.96 bits per heavy atom. The van der Waals surface area contributed by atoms with Gasteiger partial charge in [-0.3, -0.25) is 9.59 Å². The minimum Gasteiger partial charge on any atom is -0.472 e. The molecule has 7 heteroatoms. The Kier molecular flexibility index (Phi) is 6.90. The van der Waals surface area contributed by atoms with Crippen molar-refractivity contribution in [3.8, 4) is 0 Å². The molecule has 0 bridgehead atoms. The molecule has 0 aliphatic carbocycles. The number of carbonyl (C=O) groups excluding carboxylic acids is 2. The van der Waals surface area contributed by atoms with Gasteiger partial charge in [-0.15, -0.1) is 12.4 Å². The van der Waals surface area contributed by atoms with E-state index in [9.17, 15) is 9.59 Å². The summed E-state index contributed by atoms with van der Waals surface area (Å²) in [5.74, 6) is 0.868. The van der Waals surface area contributed by atoms with Gasteiger partial charge in [0.25, 0.3) is 5.91 Å². The Hall–Kier alpha value is -1.53. The minimum atomic E-state index is -0.0127. The Morgan fingerprint density at radius 1 is 1.24 bits per heavy atom. The lowest BCUT2D eigenvalue weighted by Gasteiger charge is -2.41. The second kappa shape index (κ2) is 8.72. The summed E-state index contributed by atoms with van der Waals surface area (Å²) in [6, 6.07) is 1.85. The molecule has 25 heavy (non-hydrogen) atoms. The maximum Gasteiger partial charge on any atom is 0.257 e. The van der Waals surface area contributed by atoms with Crippen molar-refractivity contribution in [1.29, 1.82) is 0 Å². The zero-order valence-electron chi connectivity index (χ0n) is 14.7. The van der Waals surface area contributed by atoms with Crippen LogP contribution in [0.4, 0.5) is 0 Å². The van der Waals surface area contributed by atoms with Gasteiger partial charge in [0, 0.05) is 38.1 Å². The lowest BCUT2D eigenvalue weighted by atomic mass is 9.89. The second-order valence-electron chi connectivity index (χ2n) is 7.13. The van der Waals surface area contributed by atoms with Gasteiger partial charge < -0.3 is 20.0 Å². The van der Waals surface area contributed by atoms with Crippen LogP contribution in [0.3, 0.4) is 0 Å². The van der Waals surface area contributed by atoms with Gasteiger partial charge in [0.05, 0.1) is 11.8 Å². The summed E-state index contributed by atoms with van der Waals surface area (Å²) in [4.78, 5) is 29.0. The van der Waals surface area contributed by atoms with Gasteiger partial charge in [0.2, 0.25) is 5.91 Å². The smallest absolute Gasteiger partial charge is 0.257 e. The van der Waals surface area contributed by atoms with Gasteiger partial charge in [0.1, 0.15) is 6.26 Å². The number of nitrogens with zero attached hydrogens (tertiary/aromatic N) is 2. The normalized spacial score (nSPS) is 24.7. The van der Waals surface area contributed by atoms with E-state index in [4.69, 9.17) is 10.2 Å². The van der Waals surface area contributed by atoms with Gasteiger partial charge in [-0.1, -0.05) is 6.92 Å². The van der Waals surface area contributed by atoms with Crippen molar-refractivity contribution in [2.75, 3.05) is 26.2 Å². The average molecular weight is 370 g/mol. The Morgan fingerprint density at radius 3 is 2.56 bits per heavy atom. The number of piperidine rings is 2. The zero-order valence-corrected chi connectivity index (χ0v) is 15.5. The molecular formula is C18H28ClN3O3. The molecule has 1 aromatic rings. The van der Waals surface area contributed by atoms with Crippen molar-refractivity contribution < 1.29 is 14.0 Å². The molecular weight excluding hydrogens is 342 g/mol. The largest absolute Gasteiger partial charge is 0.472 e. The van der Waals surface area contributed by atoms with Gasteiger partial charge in [-0.2, -0.15) is 0 Å². The predicted molar refractivity (Wildman–Crippen MR) is 97.5 cm³/mol. The van der Waals surface area contributed by atoms with Crippen LogP contribution in [0.25, 0.3) is 0 Å². The Labute approximate surface area is 155 Å².